The SMILES string of the molecule is COC(=O)CCCN1CCc2cn(-c3nnc(-c4ccc(OC(C)C)c(Cl)c4)s3)nc2CC1. The number of aromatic nitrogens is 4. The van der Waals surface area contributed by atoms with Gasteiger partial charge in [-0.1, -0.05) is 22.9 Å². The molecular weight excluding hydrogens is 462 g/mol. The molecule has 10 heteroatoms. The van der Waals surface area contributed by atoms with Gasteiger partial charge in [0.15, 0.2) is 0 Å². The lowest BCUT2D eigenvalue weighted by Crippen LogP contribution is -2.28. The standard InChI is InChI=1S/C23H28ClN5O3S/c1-15(2)32-20-7-6-16(13-18(20)24)22-25-26-23(33-22)29-14-17-8-11-28(12-9-19(17)27-29)10-4-5-21(30)31-3/h6-7,13-15H,4-5,8-12H2,1-3H3. The molecule has 0 saturated carbocycles. The number of ether oxygens (including phenoxy) is 2. The highest BCUT2D eigenvalue weighted by Crippen LogP contribution is 2.33. The smallest absolute Gasteiger partial charge is 0.305 e. The molecule has 0 unspecified atom stereocenters. The molecule has 8 nitrogen and oxygen atoms in total. The van der Waals surface area contributed by atoms with Gasteiger partial charge in [-0.15, -0.1) is 10.2 Å². The number of methoxy groups -OCH3 is 1. The quantitative estimate of drug-likeness (QED) is 0.439. The fourth-order valence-electron chi connectivity index (χ4n) is 3.80. The second-order valence-electron chi connectivity index (χ2n) is 8.27. The summed E-state index contributed by atoms with van der Waals surface area (Å²) < 4.78 is 12.3. The monoisotopic (exact) mass is 489 g/mol. The van der Waals surface area contributed by atoms with Crippen molar-refractivity contribution in [3.8, 4) is 21.5 Å². The molecule has 0 spiro atoms. The van der Waals surface area contributed by atoms with E-state index in [1.807, 2.05) is 36.7 Å². The van der Waals surface area contributed by atoms with Gasteiger partial charge in [0.25, 0.3) is 0 Å². The number of carbonyl (C=O) groups is 1. The number of hydrogen-bond donors (Lipinski definition) is 0. The maximum absolute atomic E-state index is 11.3. The van der Waals surface area contributed by atoms with E-state index in [1.165, 1.54) is 24.0 Å². The Morgan fingerprint density at radius 2 is 2.06 bits per heavy atom. The fraction of sp³-hybridized carbons (Fsp3) is 0.478. The lowest BCUT2D eigenvalue weighted by Gasteiger charge is -2.19. The second kappa shape index (κ2) is 10.6. The van der Waals surface area contributed by atoms with E-state index in [4.69, 9.17) is 26.2 Å². The summed E-state index contributed by atoms with van der Waals surface area (Å²) in [7, 11) is 1.43. The van der Waals surface area contributed by atoms with Crippen LogP contribution in [0.1, 0.15) is 37.9 Å². The van der Waals surface area contributed by atoms with Crippen LogP contribution < -0.4 is 4.74 Å². The fourth-order valence-corrected chi connectivity index (χ4v) is 4.79. The third kappa shape index (κ3) is 5.90. The molecule has 0 aliphatic carbocycles. The molecule has 0 saturated heterocycles. The van der Waals surface area contributed by atoms with Crippen molar-refractivity contribution in [2.24, 2.45) is 0 Å². The Balaban J connectivity index is 1.40. The molecule has 1 aliphatic rings. The first kappa shape index (κ1) is 23.7. The topological polar surface area (TPSA) is 82.4 Å². The Bertz CT molecular complexity index is 1090. The highest BCUT2D eigenvalue weighted by Gasteiger charge is 2.19. The van der Waals surface area contributed by atoms with E-state index >= 15 is 0 Å². The van der Waals surface area contributed by atoms with Crippen LogP contribution in [0.4, 0.5) is 0 Å². The number of benzene rings is 1. The van der Waals surface area contributed by atoms with Gasteiger partial charge < -0.3 is 14.4 Å². The largest absolute Gasteiger partial charge is 0.489 e. The third-order valence-corrected chi connectivity index (χ3v) is 6.73. The van der Waals surface area contributed by atoms with E-state index in [2.05, 4.69) is 21.3 Å². The molecule has 4 rings (SSSR count). The zero-order valence-electron chi connectivity index (χ0n) is 19.1. The highest BCUT2D eigenvalue weighted by molar-refractivity contribution is 7.17. The molecule has 2 aromatic heterocycles. The third-order valence-electron chi connectivity index (χ3n) is 5.47. The number of fused-ring (bicyclic) bond motifs is 1. The first-order chi connectivity index (χ1) is 15.9. The van der Waals surface area contributed by atoms with Gasteiger partial charge in [0.05, 0.1) is 23.9 Å². The van der Waals surface area contributed by atoms with Crippen LogP contribution in [0.5, 0.6) is 5.75 Å². The van der Waals surface area contributed by atoms with Gasteiger partial charge >= 0.3 is 5.97 Å². The Hall–Kier alpha value is -2.49. The van der Waals surface area contributed by atoms with Crippen molar-refractivity contribution < 1.29 is 14.3 Å². The van der Waals surface area contributed by atoms with E-state index in [9.17, 15) is 4.79 Å². The molecule has 0 atom stereocenters. The Morgan fingerprint density at radius 3 is 2.82 bits per heavy atom. The van der Waals surface area contributed by atoms with Crippen LogP contribution in [0.25, 0.3) is 15.7 Å². The molecule has 3 aromatic rings. The molecule has 176 valence electrons. The summed E-state index contributed by atoms with van der Waals surface area (Å²) in [6.45, 7) is 6.70. The number of rotatable bonds is 8. The van der Waals surface area contributed by atoms with Gasteiger partial charge in [-0.25, -0.2) is 4.68 Å². The van der Waals surface area contributed by atoms with Crippen molar-refractivity contribution >= 4 is 28.9 Å². The molecule has 1 aliphatic heterocycles. The Labute approximate surface area is 202 Å². The lowest BCUT2D eigenvalue weighted by atomic mass is 10.2. The Morgan fingerprint density at radius 1 is 1.24 bits per heavy atom. The predicted molar refractivity (Wildman–Crippen MR) is 128 cm³/mol. The van der Waals surface area contributed by atoms with E-state index in [-0.39, 0.29) is 12.1 Å². The maximum atomic E-state index is 11.3. The maximum Gasteiger partial charge on any atom is 0.305 e. The minimum absolute atomic E-state index is 0.0588. The predicted octanol–water partition coefficient (Wildman–Crippen LogP) is 4.19. The van der Waals surface area contributed by atoms with Crippen LogP contribution in [-0.4, -0.2) is 63.7 Å². The summed E-state index contributed by atoms with van der Waals surface area (Å²) in [4.78, 5) is 13.7. The van der Waals surface area contributed by atoms with Crippen LogP contribution in [0.2, 0.25) is 5.02 Å². The van der Waals surface area contributed by atoms with Crippen LogP contribution in [0.15, 0.2) is 24.4 Å². The normalized spacial score (nSPS) is 14.2. The summed E-state index contributed by atoms with van der Waals surface area (Å²) in [5.74, 6) is 0.512. The van der Waals surface area contributed by atoms with E-state index in [1.54, 1.807) is 0 Å². The molecule has 0 fully saturated rings. The minimum Gasteiger partial charge on any atom is -0.489 e. The second-order valence-corrected chi connectivity index (χ2v) is 9.63. The number of nitrogens with zero attached hydrogens (tertiary/aromatic N) is 5. The summed E-state index contributed by atoms with van der Waals surface area (Å²) in [5.41, 5.74) is 3.23. The number of hydrogen-bond acceptors (Lipinski definition) is 8. The Kier molecular flexibility index (Phi) is 7.62. The number of carbonyl (C=O) groups excluding carboxylic acids is 1. The van der Waals surface area contributed by atoms with Gasteiger partial charge in [-0.05, 0) is 57.0 Å². The summed E-state index contributed by atoms with van der Waals surface area (Å²) in [5, 5.41) is 15.6. The van der Waals surface area contributed by atoms with Crippen molar-refractivity contribution in [1.82, 2.24) is 24.9 Å². The van der Waals surface area contributed by atoms with Gasteiger partial charge in [-0.3, -0.25) is 4.79 Å². The van der Waals surface area contributed by atoms with E-state index < -0.39 is 0 Å². The molecule has 33 heavy (non-hydrogen) atoms. The number of esters is 1. The first-order valence-electron chi connectivity index (χ1n) is 11.1. The molecule has 0 radical (unpaired) electrons. The van der Waals surface area contributed by atoms with Crippen molar-refractivity contribution in [2.75, 3.05) is 26.7 Å². The highest BCUT2D eigenvalue weighted by atomic mass is 35.5. The summed E-state index contributed by atoms with van der Waals surface area (Å²) in [6.07, 6.45) is 5.19. The van der Waals surface area contributed by atoms with Crippen molar-refractivity contribution in [2.45, 2.75) is 45.6 Å². The molecule has 0 bridgehead atoms. The van der Waals surface area contributed by atoms with Crippen LogP contribution >= 0.6 is 22.9 Å². The van der Waals surface area contributed by atoms with Gasteiger partial charge in [0.1, 0.15) is 10.8 Å². The van der Waals surface area contributed by atoms with Crippen LogP contribution in [0.3, 0.4) is 0 Å². The van der Waals surface area contributed by atoms with E-state index in [0.29, 0.717) is 17.2 Å². The van der Waals surface area contributed by atoms with Gasteiger partial charge in [0, 0.05) is 37.7 Å². The van der Waals surface area contributed by atoms with E-state index in [0.717, 1.165) is 60.3 Å². The first-order valence-corrected chi connectivity index (χ1v) is 12.3. The molecular formula is C23H28ClN5O3S. The van der Waals surface area contributed by atoms with Crippen LogP contribution in [-0.2, 0) is 22.4 Å². The van der Waals surface area contributed by atoms with Crippen molar-refractivity contribution in [3.05, 3.63) is 40.7 Å². The van der Waals surface area contributed by atoms with Crippen molar-refractivity contribution in [3.63, 3.8) is 0 Å². The number of halogens is 1. The van der Waals surface area contributed by atoms with Gasteiger partial charge in [-0.2, -0.15) is 5.10 Å². The summed E-state index contributed by atoms with van der Waals surface area (Å²) >= 11 is 7.86. The van der Waals surface area contributed by atoms with Crippen LogP contribution in [0, 0.1) is 0 Å². The minimum atomic E-state index is -0.150. The lowest BCUT2D eigenvalue weighted by molar-refractivity contribution is -0.140. The average Bonchev–Trinajstić information content (AvgIpc) is 3.39. The summed E-state index contributed by atoms with van der Waals surface area (Å²) in [6, 6.07) is 5.67. The molecule has 0 amide bonds. The zero-order chi connectivity index (χ0) is 23.4. The molecule has 3 heterocycles. The van der Waals surface area contributed by atoms with Crippen molar-refractivity contribution in [1.29, 1.82) is 0 Å². The van der Waals surface area contributed by atoms with Gasteiger partial charge in [0.2, 0.25) is 5.13 Å². The molecule has 1 aromatic carbocycles. The zero-order valence-corrected chi connectivity index (χ0v) is 20.7. The molecule has 0 N–H and O–H groups in total. The average molecular weight is 490 g/mol.